The summed E-state index contributed by atoms with van der Waals surface area (Å²) in [6, 6.07) is 4.38. The average Bonchev–Trinajstić information content (AvgIpc) is 2.98. The van der Waals surface area contributed by atoms with E-state index in [9.17, 15) is 18.0 Å². The van der Waals surface area contributed by atoms with E-state index in [-0.39, 0.29) is 29.0 Å². The van der Waals surface area contributed by atoms with Crippen LogP contribution in [0.4, 0.5) is 11.5 Å². The van der Waals surface area contributed by atoms with Gasteiger partial charge < -0.3 is 19.9 Å². The van der Waals surface area contributed by atoms with Gasteiger partial charge in [0.1, 0.15) is 11.5 Å². The van der Waals surface area contributed by atoms with E-state index in [1.165, 1.54) is 25.2 Å². The molecule has 0 aliphatic carbocycles. The van der Waals surface area contributed by atoms with E-state index >= 15 is 0 Å². The molecule has 2 N–H and O–H groups in total. The van der Waals surface area contributed by atoms with Crippen molar-refractivity contribution in [1.82, 2.24) is 9.46 Å². The van der Waals surface area contributed by atoms with Crippen LogP contribution in [0, 0.1) is 13.8 Å². The van der Waals surface area contributed by atoms with E-state index < -0.39 is 22.5 Å². The number of carbonyl (C=O) groups is 2. The van der Waals surface area contributed by atoms with Gasteiger partial charge in [-0.15, -0.1) is 0 Å². The average molecular weight is 394 g/mol. The molecule has 0 saturated heterocycles. The van der Waals surface area contributed by atoms with Gasteiger partial charge in [0.05, 0.1) is 17.1 Å². The van der Waals surface area contributed by atoms with Gasteiger partial charge in [-0.3, -0.25) is 9.59 Å². The van der Waals surface area contributed by atoms with Gasteiger partial charge in [-0.2, -0.15) is 4.31 Å². The summed E-state index contributed by atoms with van der Waals surface area (Å²) in [5.74, 6) is 0.109. The zero-order valence-electron chi connectivity index (χ0n) is 14.9. The molecule has 0 spiro atoms. The van der Waals surface area contributed by atoms with Crippen molar-refractivity contribution in [3.63, 3.8) is 0 Å². The van der Waals surface area contributed by atoms with Crippen molar-refractivity contribution in [1.29, 1.82) is 0 Å². The van der Waals surface area contributed by atoms with Gasteiger partial charge in [0, 0.05) is 19.2 Å². The predicted octanol–water partition coefficient (Wildman–Crippen LogP) is 0.882. The first-order valence-electron chi connectivity index (χ1n) is 7.93. The fourth-order valence-corrected chi connectivity index (χ4v) is 3.90. The molecular formula is C16H18N4O6S. The highest BCUT2D eigenvalue weighted by molar-refractivity contribution is 7.89. The quantitative estimate of drug-likeness (QED) is 0.770. The van der Waals surface area contributed by atoms with Crippen LogP contribution in [0.5, 0.6) is 5.75 Å². The molecule has 0 fully saturated rings. The summed E-state index contributed by atoms with van der Waals surface area (Å²) in [6.07, 6.45) is 0. The maximum absolute atomic E-state index is 12.9. The van der Waals surface area contributed by atoms with E-state index in [2.05, 4.69) is 15.8 Å². The number of nitrogens with zero attached hydrogens (tertiary/aromatic N) is 2. The second-order valence-electron chi connectivity index (χ2n) is 6.08. The fraction of sp³-hybridized carbons (Fsp3) is 0.312. The van der Waals surface area contributed by atoms with Gasteiger partial charge in [-0.05, 0) is 25.5 Å². The number of benzene rings is 1. The van der Waals surface area contributed by atoms with Gasteiger partial charge >= 0.3 is 0 Å². The molecule has 1 aliphatic rings. The summed E-state index contributed by atoms with van der Waals surface area (Å²) in [5.41, 5.74) is 0.823. The normalized spacial score (nSPS) is 13.7. The lowest BCUT2D eigenvalue weighted by molar-refractivity contribution is -0.118. The third-order valence-electron chi connectivity index (χ3n) is 3.86. The molecule has 11 heteroatoms. The summed E-state index contributed by atoms with van der Waals surface area (Å²) in [5, 5.41) is 8.71. The maximum atomic E-state index is 12.9. The summed E-state index contributed by atoms with van der Waals surface area (Å²) >= 11 is 0. The Kier molecular flexibility index (Phi) is 4.89. The molecule has 0 bridgehead atoms. The number of rotatable bonds is 5. The lowest BCUT2D eigenvalue weighted by Crippen LogP contribution is -2.35. The zero-order valence-corrected chi connectivity index (χ0v) is 15.7. The van der Waals surface area contributed by atoms with Crippen LogP contribution in [-0.4, -0.2) is 49.9 Å². The Morgan fingerprint density at radius 1 is 1.33 bits per heavy atom. The number of anilines is 2. The number of nitrogens with one attached hydrogen (secondary N) is 2. The highest BCUT2D eigenvalue weighted by Crippen LogP contribution is 2.33. The van der Waals surface area contributed by atoms with Gasteiger partial charge in [-0.1, -0.05) is 5.16 Å². The number of sulfonamides is 1. The number of amides is 2. The van der Waals surface area contributed by atoms with Crippen molar-refractivity contribution >= 4 is 33.3 Å². The first-order valence-corrected chi connectivity index (χ1v) is 9.37. The van der Waals surface area contributed by atoms with Gasteiger partial charge in [0.15, 0.2) is 12.4 Å². The topological polar surface area (TPSA) is 131 Å². The molecule has 3 rings (SSSR count). The van der Waals surface area contributed by atoms with Gasteiger partial charge in [0.25, 0.3) is 5.91 Å². The van der Waals surface area contributed by atoms with Gasteiger partial charge in [-0.25, -0.2) is 8.42 Å². The second-order valence-corrected chi connectivity index (χ2v) is 8.10. The molecule has 1 aromatic carbocycles. The van der Waals surface area contributed by atoms with Crippen LogP contribution in [0.1, 0.15) is 11.3 Å². The van der Waals surface area contributed by atoms with E-state index in [1.807, 2.05) is 0 Å². The van der Waals surface area contributed by atoms with Crippen LogP contribution in [0.3, 0.4) is 0 Å². The Hall–Kier alpha value is -2.92. The molecule has 1 aromatic heterocycles. The minimum absolute atomic E-state index is 0.00928. The molecule has 2 amide bonds. The molecule has 10 nitrogen and oxygen atoms in total. The third-order valence-corrected chi connectivity index (χ3v) is 5.81. The largest absolute Gasteiger partial charge is 0.482 e. The number of ether oxygens (including phenoxy) is 1. The van der Waals surface area contributed by atoms with Crippen LogP contribution < -0.4 is 15.4 Å². The number of hydrogen-bond acceptors (Lipinski definition) is 7. The minimum Gasteiger partial charge on any atom is -0.482 e. The molecule has 27 heavy (non-hydrogen) atoms. The summed E-state index contributed by atoms with van der Waals surface area (Å²) in [7, 11) is -2.67. The zero-order chi connectivity index (χ0) is 19.8. The SMILES string of the molecule is Cc1cc(NC(=O)CN(C)S(=O)(=O)c2cc3c(cc2C)NC(=O)CO3)no1. The molecular weight excluding hydrogens is 376 g/mol. The monoisotopic (exact) mass is 394 g/mol. The predicted molar refractivity (Wildman–Crippen MR) is 95.0 cm³/mol. The first-order chi connectivity index (χ1) is 12.7. The Labute approximate surface area is 155 Å². The summed E-state index contributed by atoms with van der Waals surface area (Å²) in [4.78, 5) is 23.5. The highest BCUT2D eigenvalue weighted by atomic mass is 32.2. The molecule has 2 aromatic rings. The lowest BCUT2D eigenvalue weighted by Gasteiger charge is -2.22. The second kappa shape index (κ2) is 7.00. The van der Waals surface area contributed by atoms with Gasteiger partial charge in [0.2, 0.25) is 15.9 Å². The highest BCUT2D eigenvalue weighted by Gasteiger charge is 2.28. The van der Waals surface area contributed by atoms with Crippen molar-refractivity contribution in [3.8, 4) is 5.75 Å². The van der Waals surface area contributed by atoms with Crippen molar-refractivity contribution in [3.05, 3.63) is 29.5 Å². The van der Waals surface area contributed by atoms with Crippen LogP contribution in [0.2, 0.25) is 0 Å². The standard InChI is InChI=1S/C16H18N4O6S/c1-9-4-11-12(25-8-16(22)17-11)6-13(9)27(23,24)20(3)7-15(21)18-14-5-10(2)26-19-14/h4-6H,7-8H2,1-3H3,(H,17,22)(H,18,19,21). The minimum atomic E-state index is -3.96. The first kappa shape index (κ1) is 18.9. The van der Waals surface area contributed by atoms with E-state index in [4.69, 9.17) is 9.26 Å². The van der Waals surface area contributed by atoms with Crippen LogP contribution >= 0.6 is 0 Å². The third kappa shape index (κ3) is 3.93. The number of hydrogen-bond donors (Lipinski definition) is 2. The van der Waals surface area contributed by atoms with Crippen molar-refractivity contribution in [2.24, 2.45) is 0 Å². The lowest BCUT2D eigenvalue weighted by atomic mass is 10.2. The van der Waals surface area contributed by atoms with Crippen LogP contribution in [0.25, 0.3) is 0 Å². The van der Waals surface area contributed by atoms with Crippen molar-refractivity contribution in [2.75, 3.05) is 30.8 Å². The Morgan fingerprint density at radius 2 is 2.07 bits per heavy atom. The summed E-state index contributed by atoms with van der Waals surface area (Å²) in [6.45, 7) is 2.66. The van der Waals surface area contributed by atoms with E-state index in [1.54, 1.807) is 13.8 Å². The molecule has 1 aliphatic heterocycles. The number of likely N-dealkylation sites (N-methyl/N-ethyl adjacent to an activating group) is 1. The number of aryl methyl sites for hydroxylation is 2. The molecule has 0 atom stereocenters. The number of fused-ring (bicyclic) bond motifs is 1. The summed E-state index contributed by atoms with van der Waals surface area (Å²) < 4.78 is 36.8. The van der Waals surface area contributed by atoms with E-state index in [0.29, 0.717) is 17.0 Å². The van der Waals surface area contributed by atoms with Crippen LogP contribution in [0.15, 0.2) is 27.6 Å². The maximum Gasteiger partial charge on any atom is 0.262 e. The van der Waals surface area contributed by atoms with Crippen LogP contribution in [-0.2, 0) is 19.6 Å². The smallest absolute Gasteiger partial charge is 0.262 e. The molecule has 0 unspecified atom stereocenters. The molecule has 0 saturated carbocycles. The Bertz CT molecular complexity index is 1010. The Balaban J connectivity index is 1.79. The van der Waals surface area contributed by atoms with E-state index in [0.717, 1.165) is 4.31 Å². The molecule has 144 valence electrons. The number of aromatic nitrogens is 1. The number of carbonyl (C=O) groups excluding carboxylic acids is 2. The molecule has 2 heterocycles. The van der Waals surface area contributed by atoms with Crippen molar-refractivity contribution in [2.45, 2.75) is 18.7 Å². The fourth-order valence-electron chi connectivity index (χ4n) is 2.56. The Morgan fingerprint density at radius 3 is 2.74 bits per heavy atom. The molecule has 0 radical (unpaired) electrons. The van der Waals surface area contributed by atoms with Crippen molar-refractivity contribution < 1.29 is 27.3 Å².